The molecule has 2 amide bonds. The molecular formula is C25H23N3O7S. The van der Waals surface area contributed by atoms with Crippen LogP contribution in [0.25, 0.3) is 17.4 Å². The maximum Gasteiger partial charge on any atom is 0.269 e. The number of amides is 2. The predicted octanol–water partition coefficient (Wildman–Crippen LogP) is 3.24. The summed E-state index contributed by atoms with van der Waals surface area (Å²) < 4.78 is 29.3. The van der Waals surface area contributed by atoms with E-state index in [4.69, 9.17) is 4.42 Å². The van der Waals surface area contributed by atoms with E-state index in [1.54, 1.807) is 36.4 Å². The Labute approximate surface area is 207 Å². The number of furan rings is 1. The number of rotatable bonds is 7. The summed E-state index contributed by atoms with van der Waals surface area (Å²) in [5, 5.41) is 16.1. The lowest BCUT2D eigenvalue weighted by molar-refractivity contribution is -0.384. The number of benzene rings is 2. The van der Waals surface area contributed by atoms with Gasteiger partial charge in [-0.1, -0.05) is 17.7 Å². The fourth-order valence-electron chi connectivity index (χ4n) is 3.71. The molecule has 0 aliphatic carbocycles. The SMILES string of the molecule is Cc1ccc(C(=O)N/C(=C\c2ccc(-c3ccc([N+](=O)[O-])cc3)o2)C(=O)N[C@H]2CCS(=O)(=O)C2)cc1. The Morgan fingerprint density at radius 1 is 1.06 bits per heavy atom. The number of hydrogen-bond acceptors (Lipinski definition) is 7. The van der Waals surface area contributed by atoms with Crippen molar-refractivity contribution in [2.75, 3.05) is 11.5 Å². The van der Waals surface area contributed by atoms with Crippen LogP contribution in [0.15, 0.2) is 70.8 Å². The molecule has 3 aromatic rings. The Kier molecular flexibility index (Phi) is 7.02. The highest BCUT2D eigenvalue weighted by molar-refractivity contribution is 7.91. The quantitative estimate of drug-likeness (QED) is 0.282. The average molecular weight is 510 g/mol. The zero-order valence-corrected chi connectivity index (χ0v) is 20.1. The van der Waals surface area contributed by atoms with Gasteiger partial charge in [0.05, 0.1) is 16.4 Å². The summed E-state index contributed by atoms with van der Waals surface area (Å²) in [5.41, 5.74) is 1.73. The summed E-state index contributed by atoms with van der Waals surface area (Å²) in [5.74, 6) is -0.685. The van der Waals surface area contributed by atoms with E-state index in [0.29, 0.717) is 16.9 Å². The Morgan fingerprint density at radius 2 is 1.75 bits per heavy atom. The molecule has 0 unspecified atom stereocenters. The molecule has 2 heterocycles. The Balaban J connectivity index is 1.59. The van der Waals surface area contributed by atoms with Gasteiger partial charge in [0.1, 0.15) is 17.2 Å². The summed E-state index contributed by atoms with van der Waals surface area (Å²) in [7, 11) is -3.21. The number of nitro benzene ring substituents is 1. The number of non-ortho nitro benzene ring substituents is 1. The molecule has 2 N–H and O–H groups in total. The minimum atomic E-state index is -3.21. The van der Waals surface area contributed by atoms with Crippen molar-refractivity contribution in [1.82, 2.24) is 10.6 Å². The Morgan fingerprint density at radius 3 is 2.36 bits per heavy atom. The number of nitro groups is 1. The van der Waals surface area contributed by atoms with Crippen LogP contribution in [0.3, 0.4) is 0 Å². The van der Waals surface area contributed by atoms with Crippen molar-refractivity contribution >= 4 is 33.4 Å². The molecule has 1 atom stereocenters. The van der Waals surface area contributed by atoms with Crippen LogP contribution >= 0.6 is 0 Å². The van der Waals surface area contributed by atoms with Gasteiger partial charge in [0.25, 0.3) is 17.5 Å². The van der Waals surface area contributed by atoms with Crippen LogP contribution in [0.4, 0.5) is 5.69 Å². The van der Waals surface area contributed by atoms with Crippen LogP contribution in [0.1, 0.15) is 28.1 Å². The monoisotopic (exact) mass is 509 g/mol. The molecule has 1 aromatic heterocycles. The van der Waals surface area contributed by atoms with Crippen LogP contribution in [0, 0.1) is 17.0 Å². The molecule has 4 rings (SSSR count). The van der Waals surface area contributed by atoms with E-state index in [1.165, 1.54) is 30.3 Å². The van der Waals surface area contributed by atoms with Gasteiger partial charge in [-0.25, -0.2) is 8.42 Å². The number of carbonyl (C=O) groups is 2. The molecule has 1 aliphatic rings. The molecule has 2 aromatic carbocycles. The first-order chi connectivity index (χ1) is 17.1. The largest absolute Gasteiger partial charge is 0.457 e. The molecule has 186 valence electrons. The third-order valence-electron chi connectivity index (χ3n) is 5.65. The summed E-state index contributed by atoms with van der Waals surface area (Å²) in [6.45, 7) is 1.88. The van der Waals surface area contributed by atoms with E-state index in [1.807, 2.05) is 6.92 Å². The molecule has 0 spiro atoms. The fraction of sp³-hybridized carbons (Fsp3) is 0.200. The van der Waals surface area contributed by atoms with E-state index in [9.17, 15) is 28.1 Å². The molecule has 1 aliphatic heterocycles. The normalized spacial score (nSPS) is 16.9. The van der Waals surface area contributed by atoms with Crippen LogP contribution in [-0.4, -0.2) is 42.7 Å². The summed E-state index contributed by atoms with van der Waals surface area (Å²) in [6, 6.07) is 15.2. The number of nitrogens with zero attached hydrogens (tertiary/aromatic N) is 1. The average Bonchev–Trinajstić information content (AvgIpc) is 3.44. The molecule has 0 radical (unpaired) electrons. The van der Waals surface area contributed by atoms with E-state index >= 15 is 0 Å². The number of nitrogens with one attached hydrogen (secondary N) is 2. The van der Waals surface area contributed by atoms with E-state index < -0.39 is 32.6 Å². The minimum absolute atomic E-state index is 0.0104. The lowest BCUT2D eigenvalue weighted by atomic mass is 10.1. The van der Waals surface area contributed by atoms with Crippen molar-refractivity contribution in [2.45, 2.75) is 19.4 Å². The van der Waals surface area contributed by atoms with Crippen LogP contribution < -0.4 is 10.6 Å². The molecule has 11 heteroatoms. The summed E-state index contributed by atoms with van der Waals surface area (Å²) in [4.78, 5) is 36.2. The zero-order valence-electron chi connectivity index (χ0n) is 19.3. The third-order valence-corrected chi connectivity index (χ3v) is 7.42. The second-order valence-electron chi connectivity index (χ2n) is 8.46. The molecule has 10 nitrogen and oxygen atoms in total. The van der Waals surface area contributed by atoms with Crippen molar-refractivity contribution in [3.8, 4) is 11.3 Å². The van der Waals surface area contributed by atoms with Gasteiger partial charge >= 0.3 is 0 Å². The topological polar surface area (TPSA) is 149 Å². The van der Waals surface area contributed by atoms with Gasteiger partial charge in [0.2, 0.25) is 0 Å². The van der Waals surface area contributed by atoms with E-state index in [0.717, 1.165) is 5.56 Å². The van der Waals surface area contributed by atoms with Gasteiger partial charge < -0.3 is 15.1 Å². The van der Waals surface area contributed by atoms with Crippen LogP contribution in [0.2, 0.25) is 0 Å². The van der Waals surface area contributed by atoms with Crippen molar-refractivity contribution in [1.29, 1.82) is 0 Å². The molecule has 1 fully saturated rings. The number of carbonyl (C=O) groups excluding carboxylic acids is 2. The van der Waals surface area contributed by atoms with E-state index in [-0.39, 0.29) is 35.1 Å². The highest BCUT2D eigenvalue weighted by Gasteiger charge is 2.30. The molecule has 1 saturated heterocycles. The van der Waals surface area contributed by atoms with Gasteiger partial charge in [-0.2, -0.15) is 0 Å². The highest BCUT2D eigenvalue weighted by atomic mass is 32.2. The lowest BCUT2D eigenvalue weighted by Gasteiger charge is -2.14. The van der Waals surface area contributed by atoms with Crippen LogP contribution in [-0.2, 0) is 14.6 Å². The third kappa shape index (κ3) is 6.05. The zero-order chi connectivity index (χ0) is 25.9. The maximum absolute atomic E-state index is 13.0. The summed E-state index contributed by atoms with van der Waals surface area (Å²) in [6.07, 6.45) is 1.64. The molecule has 0 saturated carbocycles. The first-order valence-electron chi connectivity index (χ1n) is 11.1. The Bertz CT molecular complexity index is 1440. The molecule has 36 heavy (non-hydrogen) atoms. The maximum atomic E-state index is 13.0. The van der Waals surface area contributed by atoms with Gasteiger partial charge in [-0.15, -0.1) is 0 Å². The number of aryl methyl sites for hydroxylation is 1. The van der Waals surface area contributed by atoms with Gasteiger partial charge in [-0.3, -0.25) is 19.7 Å². The fourth-order valence-corrected chi connectivity index (χ4v) is 5.38. The summed E-state index contributed by atoms with van der Waals surface area (Å²) >= 11 is 0. The molecular weight excluding hydrogens is 486 g/mol. The first kappa shape index (κ1) is 24.9. The number of sulfone groups is 1. The van der Waals surface area contributed by atoms with E-state index in [2.05, 4.69) is 10.6 Å². The Hall–Kier alpha value is -4.25. The van der Waals surface area contributed by atoms with Gasteiger partial charge in [0, 0.05) is 35.4 Å². The molecule has 0 bridgehead atoms. The second kappa shape index (κ2) is 10.2. The van der Waals surface area contributed by atoms with Crippen molar-refractivity contribution in [3.63, 3.8) is 0 Å². The lowest BCUT2D eigenvalue weighted by Crippen LogP contribution is -2.41. The van der Waals surface area contributed by atoms with Crippen LogP contribution in [0.5, 0.6) is 0 Å². The van der Waals surface area contributed by atoms with Gasteiger partial charge in [0.15, 0.2) is 9.84 Å². The second-order valence-corrected chi connectivity index (χ2v) is 10.7. The standard InChI is InChI=1S/C25H23N3O7S/c1-16-2-4-18(5-3-16)24(29)27-22(25(30)26-19-12-13-36(33,34)15-19)14-21-10-11-23(35-21)17-6-8-20(9-7-17)28(31)32/h2-11,14,19H,12-13,15H2,1H3,(H,26,30)(H,27,29)/b22-14-/t19-/m0/s1. The first-order valence-corrected chi connectivity index (χ1v) is 12.9. The van der Waals surface area contributed by atoms with Gasteiger partial charge in [-0.05, 0) is 49.7 Å². The van der Waals surface area contributed by atoms with Crippen molar-refractivity contribution < 1.29 is 27.3 Å². The predicted molar refractivity (Wildman–Crippen MR) is 133 cm³/mol. The van der Waals surface area contributed by atoms with Crippen molar-refractivity contribution in [3.05, 3.63) is 93.4 Å². The number of hydrogen-bond donors (Lipinski definition) is 2. The smallest absolute Gasteiger partial charge is 0.269 e. The minimum Gasteiger partial charge on any atom is -0.457 e. The highest BCUT2D eigenvalue weighted by Crippen LogP contribution is 2.25. The van der Waals surface area contributed by atoms with Crippen molar-refractivity contribution in [2.24, 2.45) is 0 Å².